The lowest BCUT2D eigenvalue weighted by Crippen LogP contribution is -2.35. The Morgan fingerprint density at radius 2 is 2.23 bits per heavy atom. The number of hydrogen-bond acceptors (Lipinski definition) is 3. The van der Waals surface area contributed by atoms with E-state index in [0.717, 1.165) is 35.3 Å². The van der Waals surface area contributed by atoms with Gasteiger partial charge in [0.15, 0.2) is 0 Å². The lowest BCUT2D eigenvalue weighted by atomic mass is 9.99. The van der Waals surface area contributed by atoms with Crippen molar-refractivity contribution in [3.8, 4) is 5.75 Å². The lowest BCUT2D eigenvalue weighted by Gasteiger charge is -2.26. The molecule has 3 aromatic rings. The van der Waals surface area contributed by atoms with E-state index in [1.807, 2.05) is 41.4 Å². The van der Waals surface area contributed by atoms with Gasteiger partial charge in [0.05, 0.1) is 13.5 Å². The minimum atomic E-state index is 0.147. The van der Waals surface area contributed by atoms with Crippen molar-refractivity contribution >= 4 is 22.5 Å². The maximum absolute atomic E-state index is 12.6. The van der Waals surface area contributed by atoms with E-state index in [1.165, 1.54) is 11.1 Å². The summed E-state index contributed by atoms with van der Waals surface area (Å²) in [5.74, 6) is 0.929. The Morgan fingerprint density at radius 1 is 1.31 bits per heavy atom. The predicted molar refractivity (Wildman–Crippen MR) is 102 cm³/mol. The van der Waals surface area contributed by atoms with Crippen molar-refractivity contribution in [3.05, 3.63) is 66.0 Å². The molecule has 1 N–H and O–H groups in total. The Hall–Kier alpha value is -3.08. The zero-order chi connectivity index (χ0) is 17.9. The molecule has 1 aliphatic rings. The van der Waals surface area contributed by atoms with Crippen LogP contribution in [-0.2, 0) is 11.2 Å². The highest BCUT2D eigenvalue weighted by atomic mass is 16.5. The van der Waals surface area contributed by atoms with E-state index in [-0.39, 0.29) is 5.91 Å². The molecule has 0 atom stereocenters. The van der Waals surface area contributed by atoms with Crippen LogP contribution in [0.5, 0.6) is 5.75 Å². The fourth-order valence-corrected chi connectivity index (χ4v) is 3.43. The molecular formula is C21H21N3O2. The first kappa shape index (κ1) is 16.4. The van der Waals surface area contributed by atoms with Crippen molar-refractivity contribution in [2.75, 3.05) is 20.2 Å². The molecule has 0 aliphatic carbocycles. The number of methoxy groups -OCH3 is 1. The van der Waals surface area contributed by atoms with Gasteiger partial charge in [-0.25, -0.2) is 4.98 Å². The maximum atomic E-state index is 12.6. The summed E-state index contributed by atoms with van der Waals surface area (Å²) in [4.78, 5) is 22.1. The van der Waals surface area contributed by atoms with Crippen LogP contribution in [0.2, 0.25) is 0 Å². The van der Waals surface area contributed by atoms with Gasteiger partial charge in [-0.05, 0) is 41.8 Å². The molecule has 0 spiro atoms. The van der Waals surface area contributed by atoms with E-state index < -0.39 is 0 Å². The molecule has 0 radical (unpaired) electrons. The van der Waals surface area contributed by atoms with Gasteiger partial charge >= 0.3 is 0 Å². The SMILES string of the molecule is COc1cccc(CC(=O)N2CC=C(c3c[nH]c4ncccc34)CC2)c1. The summed E-state index contributed by atoms with van der Waals surface area (Å²) in [6.07, 6.45) is 7.21. The second kappa shape index (κ2) is 7.04. The van der Waals surface area contributed by atoms with Gasteiger partial charge in [0.25, 0.3) is 0 Å². The molecule has 4 rings (SSSR count). The third-order valence-corrected chi connectivity index (χ3v) is 4.85. The molecule has 26 heavy (non-hydrogen) atoms. The predicted octanol–water partition coefficient (Wildman–Crippen LogP) is 3.43. The molecule has 0 unspecified atom stereocenters. The van der Waals surface area contributed by atoms with E-state index >= 15 is 0 Å². The molecule has 5 nitrogen and oxygen atoms in total. The van der Waals surface area contributed by atoms with Gasteiger partial charge in [-0.1, -0.05) is 18.2 Å². The number of hydrogen-bond donors (Lipinski definition) is 1. The number of ether oxygens (including phenoxy) is 1. The minimum absolute atomic E-state index is 0.147. The number of aromatic nitrogens is 2. The van der Waals surface area contributed by atoms with Crippen LogP contribution in [0, 0.1) is 0 Å². The number of H-pyrrole nitrogens is 1. The highest BCUT2D eigenvalue weighted by Crippen LogP contribution is 2.28. The molecule has 2 aromatic heterocycles. The second-order valence-corrected chi connectivity index (χ2v) is 6.45. The monoisotopic (exact) mass is 347 g/mol. The number of rotatable bonds is 4. The summed E-state index contributed by atoms with van der Waals surface area (Å²) >= 11 is 0. The maximum Gasteiger partial charge on any atom is 0.227 e. The number of aromatic amines is 1. The zero-order valence-electron chi connectivity index (χ0n) is 14.7. The Morgan fingerprint density at radius 3 is 3.04 bits per heavy atom. The van der Waals surface area contributed by atoms with Crippen LogP contribution in [0.3, 0.4) is 0 Å². The molecule has 132 valence electrons. The zero-order valence-corrected chi connectivity index (χ0v) is 14.7. The van der Waals surface area contributed by atoms with Gasteiger partial charge in [-0.3, -0.25) is 4.79 Å². The van der Waals surface area contributed by atoms with Crippen molar-refractivity contribution in [1.82, 2.24) is 14.9 Å². The van der Waals surface area contributed by atoms with E-state index in [2.05, 4.69) is 22.1 Å². The molecule has 1 aromatic carbocycles. The van der Waals surface area contributed by atoms with E-state index in [4.69, 9.17) is 4.74 Å². The standard InChI is InChI=1S/C21H21N3O2/c1-26-17-5-2-4-15(12-17)13-20(25)24-10-7-16(8-11-24)19-14-23-21-18(19)6-3-9-22-21/h2-7,9,12,14H,8,10-11,13H2,1H3,(H,22,23). The van der Waals surface area contributed by atoms with Crippen LogP contribution >= 0.6 is 0 Å². The van der Waals surface area contributed by atoms with Crippen molar-refractivity contribution < 1.29 is 9.53 Å². The number of nitrogens with zero attached hydrogens (tertiary/aromatic N) is 2. The first-order valence-corrected chi connectivity index (χ1v) is 8.77. The Kier molecular flexibility index (Phi) is 4.44. The van der Waals surface area contributed by atoms with Crippen LogP contribution in [0.25, 0.3) is 16.6 Å². The highest BCUT2D eigenvalue weighted by molar-refractivity contribution is 5.91. The number of carbonyl (C=O) groups excluding carboxylic acids is 1. The minimum Gasteiger partial charge on any atom is -0.497 e. The first-order chi connectivity index (χ1) is 12.7. The number of pyridine rings is 1. The Bertz CT molecular complexity index is 974. The van der Waals surface area contributed by atoms with Crippen LogP contribution in [-0.4, -0.2) is 41.0 Å². The average Bonchev–Trinajstić information content (AvgIpc) is 3.12. The van der Waals surface area contributed by atoms with Crippen LogP contribution in [0.4, 0.5) is 0 Å². The summed E-state index contributed by atoms with van der Waals surface area (Å²) in [6.45, 7) is 1.38. The van der Waals surface area contributed by atoms with Crippen molar-refractivity contribution in [3.63, 3.8) is 0 Å². The smallest absolute Gasteiger partial charge is 0.227 e. The van der Waals surface area contributed by atoms with E-state index in [9.17, 15) is 4.79 Å². The van der Waals surface area contributed by atoms with Gasteiger partial charge in [0, 0.05) is 36.4 Å². The van der Waals surface area contributed by atoms with Gasteiger partial charge in [0.1, 0.15) is 11.4 Å². The number of carbonyl (C=O) groups is 1. The third-order valence-electron chi connectivity index (χ3n) is 4.85. The fourth-order valence-electron chi connectivity index (χ4n) is 3.43. The third kappa shape index (κ3) is 3.20. The van der Waals surface area contributed by atoms with Crippen LogP contribution in [0.1, 0.15) is 17.5 Å². The largest absolute Gasteiger partial charge is 0.497 e. The van der Waals surface area contributed by atoms with Crippen LogP contribution < -0.4 is 4.74 Å². The van der Waals surface area contributed by atoms with Gasteiger partial charge in [0.2, 0.25) is 5.91 Å². The van der Waals surface area contributed by atoms with E-state index in [0.29, 0.717) is 13.0 Å². The van der Waals surface area contributed by atoms with Gasteiger partial charge in [-0.2, -0.15) is 0 Å². The van der Waals surface area contributed by atoms with Crippen molar-refractivity contribution in [2.24, 2.45) is 0 Å². The van der Waals surface area contributed by atoms with Crippen LogP contribution in [0.15, 0.2) is 54.9 Å². The average molecular weight is 347 g/mol. The fraction of sp³-hybridized carbons (Fsp3) is 0.238. The topological polar surface area (TPSA) is 58.2 Å². The first-order valence-electron chi connectivity index (χ1n) is 8.77. The molecule has 0 saturated carbocycles. The number of benzene rings is 1. The summed E-state index contributed by atoms with van der Waals surface area (Å²) < 4.78 is 5.23. The number of amides is 1. The number of nitrogens with one attached hydrogen (secondary N) is 1. The summed E-state index contributed by atoms with van der Waals surface area (Å²) in [5.41, 5.74) is 4.34. The van der Waals surface area contributed by atoms with Gasteiger partial charge in [-0.15, -0.1) is 0 Å². The van der Waals surface area contributed by atoms with E-state index in [1.54, 1.807) is 13.3 Å². The van der Waals surface area contributed by atoms with Gasteiger partial charge < -0.3 is 14.6 Å². The Balaban J connectivity index is 1.46. The summed E-state index contributed by atoms with van der Waals surface area (Å²) in [6, 6.07) is 11.7. The quantitative estimate of drug-likeness (QED) is 0.787. The molecule has 5 heteroatoms. The molecule has 3 heterocycles. The molecule has 1 amide bonds. The Labute approximate surface area is 152 Å². The molecule has 0 fully saturated rings. The summed E-state index contributed by atoms with van der Waals surface area (Å²) in [7, 11) is 1.64. The van der Waals surface area contributed by atoms with Crippen molar-refractivity contribution in [2.45, 2.75) is 12.8 Å². The molecular weight excluding hydrogens is 326 g/mol. The second-order valence-electron chi connectivity index (χ2n) is 6.45. The molecule has 0 saturated heterocycles. The molecule has 1 aliphatic heterocycles. The van der Waals surface area contributed by atoms with Crippen molar-refractivity contribution in [1.29, 1.82) is 0 Å². The lowest BCUT2D eigenvalue weighted by molar-refractivity contribution is -0.130. The normalized spacial score (nSPS) is 14.3. The molecule has 0 bridgehead atoms. The number of fused-ring (bicyclic) bond motifs is 1. The highest BCUT2D eigenvalue weighted by Gasteiger charge is 2.19. The summed E-state index contributed by atoms with van der Waals surface area (Å²) in [5, 5.41) is 1.13.